The summed E-state index contributed by atoms with van der Waals surface area (Å²) in [6.07, 6.45) is 0. The summed E-state index contributed by atoms with van der Waals surface area (Å²) < 4.78 is 9.42. The van der Waals surface area contributed by atoms with Gasteiger partial charge in [0.2, 0.25) is 0 Å². The van der Waals surface area contributed by atoms with E-state index in [0.717, 1.165) is 88.4 Å². The fraction of sp³-hybridized carbons (Fsp3) is 0. The van der Waals surface area contributed by atoms with Crippen LogP contribution in [0.3, 0.4) is 0 Å². The number of hydrogen-bond donors (Lipinski definition) is 0. The van der Waals surface area contributed by atoms with E-state index in [9.17, 15) is 0 Å². The zero-order valence-corrected chi connectivity index (χ0v) is 36.6. The van der Waals surface area contributed by atoms with Crippen molar-refractivity contribution in [2.75, 3.05) is 0 Å². The lowest BCUT2D eigenvalue weighted by molar-refractivity contribution is 0.666. The standard InChI is InChI=1S/C63H38N4O/c1-3-14-39(15-4-1)43-21-11-23-47(34-43)61-64-62(48-24-12-22-44(35-48)40-16-5-2-6-17-40)66-63(65-61)49-29-28-42-31-33-57-59(52(42)37-49)51-26-13-27-55(60(51)68-57)67-54-32-30-41-18-9-10-25-50(41)58(54)53-36-45-19-7-8-20-46(45)38-56(53)67/h1-38H. The molecule has 0 bridgehead atoms. The van der Waals surface area contributed by atoms with Crippen molar-refractivity contribution in [2.45, 2.75) is 0 Å². The van der Waals surface area contributed by atoms with Gasteiger partial charge in [0, 0.05) is 38.2 Å². The Morgan fingerprint density at radius 2 is 0.809 bits per heavy atom. The molecule has 0 spiro atoms. The van der Waals surface area contributed by atoms with Crippen LogP contribution in [-0.2, 0) is 0 Å². The van der Waals surface area contributed by atoms with Gasteiger partial charge in [-0.15, -0.1) is 0 Å². The highest BCUT2D eigenvalue weighted by atomic mass is 16.3. The monoisotopic (exact) mass is 866 g/mol. The van der Waals surface area contributed by atoms with Crippen LogP contribution >= 0.6 is 0 Å². The van der Waals surface area contributed by atoms with Gasteiger partial charge in [-0.05, 0) is 103 Å². The maximum Gasteiger partial charge on any atom is 0.164 e. The Hall–Kier alpha value is -9.19. The van der Waals surface area contributed by atoms with Gasteiger partial charge < -0.3 is 8.98 Å². The lowest BCUT2D eigenvalue weighted by Crippen LogP contribution is -2.00. The van der Waals surface area contributed by atoms with Crippen LogP contribution in [0, 0.1) is 0 Å². The topological polar surface area (TPSA) is 56.7 Å². The number of nitrogens with zero attached hydrogens (tertiary/aromatic N) is 4. The molecule has 0 radical (unpaired) electrons. The molecule has 0 atom stereocenters. The van der Waals surface area contributed by atoms with Crippen LogP contribution in [0.2, 0.25) is 0 Å². The van der Waals surface area contributed by atoms with E-state index in [4.69, 9.17) is 19.4 Å². The Kier molecular flexibility index (Phi) is 8.52. The van der Waals surface area contributed by atoms with Gasteiger partial charge >= 0.3 is 0 Å². The minimum absolute atomic E-state index is 0.595. The highest BCUT2D eigenvalue weighted by Crippen LogP contribution is 2.43. The van der Waals surface area contributed by atoms with Crippen LogP contribution in [0.5, 0.6) is 0 Å². The fourth-order valence-electron chi connectivity index (χ4n) is 10.3. The molecule has 316 valence electrons. The van der Waals surface area contributed by atoms with E-state index in [-0.39, 0.29) is 0 Å². The molecule has 0 aliphatic carbocycles. The van der Waals surface area contributed by atoms with E-state index in [1.54, 1.807) is 0 Å². The molecule has 0 aliphatic rings. The van der Waals surface area contributed by atoms with Gasteiger partial charge in [0.05, 0.1) is 16.7 Å². The van der Waals surface area contributed by atoms with Crippen LogP contribution in [-0.4, -0.2) is 19.5 Å². The summed E-state index contributed by atoms with van der Waals surface area (Å²) in [7, 11) is 0. The van der Waals surface area contributed by atoms with Crippen molar-refractivity contribution >= 4 is 76.1 Å². The molecule has 5 nitrogen and oxygen atoms in total. The van der Waals surface area contributed by atoms with Gasteiger partial charge in [-0.25, -0.2) is 15.0 Å². The van der Waals surface area contributed by atoms with Crippen molar-refractivity contribution in [3.63, 3.8) is 0 Å². The Bertz CT molecular complexity index is 4220. The summed E-state index contributed by atoms with van der Waals surface area (Å²) in [6.45, 7) is 0. The average molecular weight is 867 g/mol. The molecule has 68 heavy (non-hydrogen) atoms. The molecule has 5 heteroatoms. The molecule has 11 aromatic carbocycles. The average Bonchev–Trinajstić information content (AvgIpc) is 3.96. The number of benzene rings is 11. The third-order valence-corrected chi connectivity index (χ3v) is 13.6. The van der Waals surface area contributed by atoms with E-state index < -0.39 is 0 Å². The number of hydrogen-bond acceptors (Lipinski definition) is 4. The van der Waals surface area contributed by atoms with Crippen molar-refractivity contribution in [2.24, 2.45) is 0 Å². The summed E-state index contributed by atoms with van der Waals surface area (Å²) in [5.41, 5.74) is 12.1. The minimum Gasteiger partial charge on any atom is -0.454 e. The molecule has 14 rings (SSSR count). The van der Waals surface area contributed by atoms with Gasteiger partial charge in [-0.2, -0.15) is 0 Å². The molecule has 0 unspecified atom stereocenters. The first kappa shape index (κ1) is 38.1. The molecular formula is C63H38N4O. The lowest BCUT2D eigenvalue weighted by Gasteiger charge is -2.11. The summed E-state index contributed by atoms with van der Waals surface area (Å²) in [5, 5.41) is 11.6. The molecule has 0 amide bonds. The van der Waals surface area contributed by atoms with Crippen LogP contribution < -0.4 is 0 Å². The second-order valence-electron chi connectivity index (χ2n) is 17.6. The second kappa shape index (κ2) is 15.2. The van der Waals surface area contributed by atoms with Crippen molar-refractivity contribution in [1.29, 1.82) is 0 Å². The van der Waals surface area contributed by atoms with Gasteiger partial charge in [0.1, 0.15) is 5.58 Å². The number of rotatable bonds is 6. The largest absolute Gasteiger partial charge is 0.454 e. The summed E-state index contributed by atoms with van der Waals surface area (Å²) >= 11 is 0. The molecular weight excluding hydrogens is 829 g/mol. The van der Waals surface area contributed by atoms with Crippen molar-refractivity contribution in [3.05, 3.63) is 231 Å². The summed E-state index contributed by atoms with van der Waals surface area (Å²) in [4.78, 5) is 15.7. The first-order valence-corrected chi connectivity index (χ1v) is 23.0. The molecule has 0 aliphatic heterocycles. The smallest absolute Gasteiger partial charge is 0.164 e. The van der Waals surface area contributed by atoms with Gasteiger partial charge in [0.15, 0.2) is 23.1 Å². The molecule has 3 aromatic heterocycles. The minimum atomic E-state index is 0.595. The molecule has 0 saturated carbocycles. The van der Waals surface area contributed by atoms with Gasteiger partial charge in [0.25, 0.3) is 0 Å². The van der Waals surface area contributed by atoms with Gasteiger partial charge in [-0.1, -0.05) is 182 Å². The van der Waals surface area contributed by atoms with Crippen LogP contribution in [0.1, 0.15) is 0 Å². The Balaban J connectivity index is 0.974. The van der Waals surface area contributed by atoms with E-state index in [1.807, 2.05) is 12.1 Å². The maximum absolute atomic E-state index is 7.02. The normalized spacial score (nSPS) is 11.8. The molecule has 14 aromatic rings. The van der Waals surface area contributed by atoms with E-state index in [0.29, 0.717) is 17.5 Å². The van der Waals surface area contributed by atoms with Crippen molar-refractivity contribution < 1.29 is 4.42 Å². The third-order valence-electron chi connectivity index (χ3n) is 13.6. The Morgan fingerprint density at radius 1 is 0.294 bits per heavy atom. The molecule has 0 fully saturated rings. The van der Waals surface area contributed by atoms with E-state index in [2.05, 4.69) is 223 Å². The van der Waals surface area contributed by atoms with Crippen LogP contribution in [0.15, 0.2) is 235 Å². The quantitative estimate of drug-likeness (QED) is 0.167. The molecule has 3 heterocycles. The summed E-state index contributed by atoms with van der Waals surface area (Å²) in [5.74, 6) is 1.81. The number of fused-ring (bicyclic) bond motifs is 11. The number of aromatic nitrogens is 4. The fourth-order valence-corrected chi connectivity index (χ4v) is 10.3. The zero-order valence-electron chi connectivity index (χ0n) is 36.6. The van der Waals surface area contributed by atoms with Crippen molar-refractivity contribution in [3.8, 4) is 62.1 Å². The predicted octanol–water partition coefficient (Wildman–Crippen LogP) is 16.7. The number of para-hydroxylation sites is 1. The van der Waals surface area contributed by atoms with Crippen LogP contribution in [0.25, 0.3) is 138 Å². The van der Waals surface area contributed by atoms with E-state index in [1.165, 1.54) is 32.3 Å². The highest BCUT2D eigenvalue weighted by Gasteiger charge is 2.22. The lowest BCUT2D eigenvalue weighted by atomic mass is 10.0. The van der Waals surface area contributed by atoms with E-state index >= 15 is 0 Å². The zero-order chi connectivity index (χ0) is 44.7. The third kappa shape index (κ3) is 6.14. The maximum atomic E-state index is 7.02. The number of furan rings is 1. The first-order chi connectivity index (χ1) is 33.7. The summed E-state index contributed by atoms with van der Waals surface area (Å²) in [6, 6.07) is 81.6. The van der Waals surface area contributed by atoms with Gasteiger partial charge in [-0.3, -0.25) is 0 Å². The Morgan fingerprint density at radius 3 is 1.50 bits per heavy atom. The SMILES string of the molecule is c1ccc(-c2cccc(-c3nc(-c4cccc(-c5ccccc5)c4)nc(-c4ccc5ccc6oc7c(-n8c9cc%10ccccc%10cc9c9c%10ccccc%10ccc98)cccc7c6c5c4)n3)c2)cc1. The predicted molar refractivity (Wildman–Crippen MR) is 281 cm³/mol. The highest BCUT2D eigenvalue weighted by molar-refractivity contribution is 6.25. The molecule has 0 saturated heterocycles. The second-order valence-corrected chi connectivity index (χ2v) is 17.6. The molecule has 0 N–H and O–H groups in total. The van der Waals surface area contributed by atoms with Crippen LogP contribution in [0.4, 0.5) is 0 Å². The van der Waals surface area contributed by atoms with Crippen molar-refractivity contribution in [1.82, 2.24) is 19.5 Å². The first-order valence-electron chi connectivity index (χ1n) is 23.0. The Labute approximate surface area is 390 Å².